The number of benzene rings is 1. The molecule has 0 fully saturated rings. The molecule has 0 amide bonds. The number of rotatable bonds is 3. The molecule has 0 saturated heterocycles. The molecule has 1 rings (SSSR count). The minimum atomic E-state index is -0.234. The van der Waals surface area contributed by atoms with Crippen LogP contribution in [0, 0.1) is 0 Å². The van der Waals surface area contributed by atoms with Gasteiger partial charge in [-0.25, -0.2) is 0 Å². The first kappa shape index (κ1) is 9.98. The third kappa shape index (κ3) is 2.18. The van der Waals surface area contributed by atoms with Crippen LogP contribution in [0.4, 0.5) is 5.69 Å². The molecule has 0 bridgehead atoms. The second kappa shape index (κ2) is 4.23. The summed E-state index contributed by atoms with van der Waals surface area (Å²) in [4.78, 5) is 0. The lowest BCUT2D eigenvalue weighted by molar-refractivity contribution is 0.280. The maximum atomic E-state index is 9.04. The minimum Gasteiger partial charge on any atom is -0.399 e. The quantitative estimate of drug-likeness (QED) is 0.482. The van der Waals surface area contributed by atoms with E-state index >= 15 is 0 Å². The molecule has 0 aliphatic heterocycles. The fourth-order valence-electron chi connectivity index (χ4n) is 1.25. The number of aliphatic hydroxyl groups is 1. The Balaban J connectivity index is 3.05. The van der Waals surface area contributed by atoms with E-state index in [9.17, 15) is 0 Å². The van der Waals surface area contributed by atoms with Crippen molar-refractivity contribution >= 4 is 5.69 Å². The molecule has 1 aromatic rings. The van der Waals surface area contributed by atoms with Gasteiger partial charge in [0.1, 0.15) is 0 Å². The van der Waals surface area contributed by atoms with Crippen molar-refractivity contribution in [1.29, 1.82) is 0 Å². The number of hydrogen-bond donors (Lipinski definition) is 4. The molecule has 1 atom stereocenters. The number of hydrogen-bond acceptors (Lipinski definition) is 4. The van der Waals surface area contributed by atoms with E-state index in [1.165, 1.54) is 0 Å². The number of nitrogen functional groups attached to an aromatic ring is 1. The molecule has 72 valence electrons. The number of aliphatic hydroxyl groups excluding tert-OH is 1. The van der Waals surface area contributed by atoms with Crippen LogP contribution in [0.15, 0.2) is 18.2 Å². The second-order valence-corrected chi connectivity index (χ2v) is 2.96. The summed E-state index contributed by atoms with van der Waals surface area (Å²) in [7, 11) is 0. The van der Waals surface area contributed by atoms with Crippen LogP contribution in [0.1, 0.15) is 17.2 Å². The highest BCUT2D eigenvalue weighted by Gasteiger charge is 2.08. The highest BCUT2D eigenvalue weighted by Crippen LogP contribution is 2.18. The Kier molecular flexibility index (Phi) is 3.25. The van der Waals surface area contributed by atoms with Gasteiger partial charge in [-0.3, -0.25) is 0 Å². The predicted molar refractivity (Wildman–Crippen MR) is 52.8 cm³/mol. The van der Waals surface area contributed by atoms with Crippen molar-refractivity contribution in [2.24, 2.45) is 11.5 Å². The summed E-state index contributed by atoms with van der Waals surface area (Å²) in [6.07, 6.45) is 0. The van der Waals surface area contributed by atoms with Crippen LogP contribution >= 0.6 is 0 Å². The van der Waals surface area contributed by atoms with Gasteiger partial charge < -0.3 is 22.3 Å². The number of nitrogens with two attached hydrogens (primary N) is 3. The van der Waals surface area contributed by atoms with Crippen LogP contribution in [0.25, 0.3) is 0 Å². The molecule has 0 heterocycles. The van der Waals surface area contributed by atoms with Crippen molar-refractivity contribution < 1.29 is 5.11 Å². The normalized spacial score (nSPS) is 12.8. The van der Waals surface area contributed by atoms with E-state index in [1.807, 2.05) is 0 Å². The molecule has 1 aromatic carbocycles. The molecule has 0 saturated carbocycles. The Morgan fingerprint density at radius 1 is 1.38 bits per heavy atom. The van der Waals surface area contributed by atoms with Gasteiger partial charge in [0, 0.05) is 18.3 Å². The van der Waals surface area contributed by atoms with Crippen LogP contribution in [0.5, 0.6) is 0 Å². The molecule has 7 N–H and O–H groups in total. The third-order valence-electron chi connectivity index (χ3n) is 1.99. The fourth-order valence-corrected chi connectivity index (χ4v) is 1.25. The van der Waals surface area contributed by atoms with Crippen LogP contribution < -0.4 is 17.2 Å². The van der Waals surface area contributed by atoms with E-state index < -0.39 is 0 Å². The summed E-state index contributed by atoms with van der Waals surface area (Å²) < 4.78 is 0. The third-order valence-corrected chi connectivity index (χ3v) is 1.99. The summed E-state index contributed by atoms with van der Waals surface area (Å²) in [6, 6.07) is 5.04. The molecule has 0 radical (unpaired) electrons. The Labute approximate surface area is 77.3 Å². The van der Waals surface area contributed by atoms with Crippen LogP contribution in [0.2, 0.25) is 0 Å². The van der Waals surface area contributed by atoms with Crippen LogP contribution in [0.3, 0.4) is 0 Å². The fraction of sp³-hybridized carbons (Fsp3) is 0.333. The molecule has 13 heavy (non-hydrogen) atoms. The highest BCUT2D eigenvalue weighted by molar-refractivity contribution is 5.45. The van der Waals surface area contributed by atoms with Gasteiger partial charge in [0.25, 0.3) is 0 Å². The average Bonchev–Trinajstić information content (AvgIpc) is 2.16. The lowest BCUT2D eigenvalue weighted by atomic mass is 10.0. The van der Waals surface area contributed by atoms with Crippen molar-refractivity contribution in [2.45, 2.75) is 12.6 Å². The molecule has 0 aromatic heterocycles. The van der Waals surface area contributed by atoms with E-state index in [1.54, 1.807) is 18.2 Å². The van der Waals surface area contributed by atoms with Gasteiger partial charge in [0.05, 0.1) is 6.61 Å². The average molecular weight is 181 g/mol. The zero-order valence-electron chi connectivity index (χ0n) is 7.40. The minimum absolute atomic E-state index is 0.0614. The standard InChI is InChI=1S/C9H15N3O/c10-4-9(12)8-2-1-7(11)3-6(8)5-13/h1-3,9,13H,4-5,10-12H2/t9-/m0/s1. The van der Waals surface area contributed by atoms with E-state index in [-0.39, 0.29) is 12.6 Å². The van der Waals surface area contributed by atoms with Gasteiger partial charge in [-0.1, -0.05) is 6.07 Å². The van der Waals surface area contributed by atoms with E-state index in [4.69, 9.17) is 22.3 Å². The van der Waals surface area contributed by atoms with E-state index in [0.29, 0.717) is 12.2 Å². The first-order valence-corrected chi connectivity index (χ1v) is 4.13. The van der Waals surface area contributed by atoms with Crippen LogP contribution in [-0.2, 0) is 6.61 Å². The molecule has 0 aliphatic rings. The lowest BCUT2D eigenvalue weighted by Gasteiger charge is -2.13. The van der Waals surface area contributed by atoms with Gasteiger partial charge in [-0.05, 0) is 23.3 Å². The van der Waals surface area contributed by atoms with Crippen molar-refractivity contribution in [2.75, 3.05) is 12.3 Å². The maximum Gasteiger partial charge on any atom is 0.0685 e. The summed E-state index contributed by atoms with van der Waals surface area (Å²) in [6.45, 7) is 0.297. The zero-order chi connectivity index (χ0) is 9.84. The second-order valence-electron chi connectivity index (χ2n) is 2.96. The molecule has 0 unspecified atom stereocenters. The van der Waals surface area contributed by atoms with Gasteiger partial charge in [-0.15, -0.1) is 0 Å². The van der Waals surface area contributed by atoms with E-state index in [2.05, 4.69) is 0 Å². The van der Waals surface area contributed by atoms with Gasteiger partial charge in [0.15, 0.2) is 0 Å². The van der Waals surface area contributed by atoms with Crippen molar-refractivity contribution in [1.82, 2.24) is 0 Å². The first-order valence-electron chi connectivity index (χ1n) is 4.13. The lowest BCUT2D eigenvalue weighted by Crippen LogP contribution is -2.22. The Bertz CT molecular complexity index is 288. The number of anilines is 1. The van der Waals surface area contributed by atoms with Crippen LogP contribution in [-0.4, -0.2) is 11.7 Å². The van der Waals surface area contributed by atoms with E-state index in [0.717, 1.165) is 11.1 Å². The van der Waals surface area contributed by atoms with Crippen molar-refractivity contribution in [3.05, 3.63) is 29.3 Å². The van der Waals surface area contributed by atoms with Crippen molar-refractivity contribution in [3.63, 3.8) is 0 Å². The summed E-state index contributed by atoms with van der Waals surface area (Å²) >= 11 is 0. The Morgan fingerprint density at radius 3 is 2.62 bits per heavy atom. The maximum absolute atomic E-state index is 9.04. The molecule has 4 nitrogen and oxygen atoms in total. The first-order chi connectivity index (χ1) is 6.19. The van der Waals surface area contributed by atoms with Gasteiger partial charge in [-0.2, -0.15) is 0 Å². The smallest absolute Gasteiger partial charge is 0.0685 e. The molecule has 4 heteroatoms. The topological polar surface area (TPSA) is 98.3 Å². The predicted octanol–water partition coefficient (Wildman–Crippen LogP) is -0.280. The van der Waals surface area contributed by atoms with Gasteiger partial charge >= 0.3 is 0 Å². The molecule has 0 spiro atoms. The Morgan fingerprint density at radius 2 is 2.08 bits per heavy atom. The van der Waals surface area contributed by atoms with Crippen molar-refractivity contribution in [3.8, 4) is 0 Å². The summed E-state index contributed by atoms with van der Waals surface area (Å²) in [5.41, 5.74) is 19.0. The largest absolute Gasteiger partial charge is 0.399 e. The summed E-state index contributed by atoms with van der Waals surface area (Å²) in [5, 5.41) is 9.04. The highest BCUT2D eigenvalue weighted by atomic mass is 16.3. The zero-order valence-corrected chi connectivity index (χ0v) is 7.40. The molecule has 0 aliphatic carbocycles. The molecular weight excluding hydrogens is 166 g/mol. The summed E-state index contributed by atoms with van der Waals surface area (Å²) in [5.74, 6) is 0. The Hall–Kier alpha value is -1.10. The monoisotopic (exact) mass is 181 g/mol. The molecular formula is C9H15N3O. The van der Waals surface area contributed by atoms with Gasteiger partial charge in [0.2, 0.25) is 0 Å². The SMILES string of the molecule is NC[C@H](N)c1ccc(N)cc1CO.